The number of ether oxygens (including phenoxy) is 1. The Morgan fingerprint density at radius 2 is 2.17 bits per heavy atom. The van der Waals surface area contributed by atoms with Crippen molar-refractivity contribution < 1.29 is 18.7 Å². The summed E-state index contributed by atoms with van der Waals surface area (Å²) < 4.78 is 22.8. The molecule has 4 rings (SSSR count). The van der Waals surface area contributed by atoms with E-state index in [0.29, 0.717) is 44.7 Å². The zero-order chi connectivity index (χ0) is 16.7. The lowest BCUT2D eigenvalue weighted by atomic mass is 9.84. The van der Waals surface area contributed by atoms with E-state index in [-0.39, 0.29) is 17.9 Å². The van der Waals surface area contributed by atoms with E-state index < -0.39 is 17.7 Å². The van der Waals surface area contributed by atoms with Crippen LogP contribution in [0.5, 0.6) is 0 Å². The van der Waals surface area contributed by atoms with E-state index in [1.165, 1.54) is 0 Å². The number of amides is 2. The third-order valence-electron chi connectivity index (χ3n) is 5.27. The van der Waals surface area contributed by atoms with Crippen LogP contribution in [0.2, 0.25) is 0 Å². The first-order valence-corrected chi connectivity index (χ1v) is 9.07. The molecule has 9 heteroatoms. The Labute approximate surface area is 142 Å². The van der Waals surface area contributed by atoms with Gasteiger partial charge in [0.15, 0.2) is 5.69 Å². The largest absolute Gasteiger partial charge is 0.373 e. The van der Waals surface area contributed by atoms with E-state index in [2.05, 4.69) is 14.9 Å². The highest BCUT2D eigenvalue weighted by Crippen LogP contribution is 2.38. The fraction of sp³-hybridized carbons (Fsp3) is 0.733. The Morgan fingerprint density at radius 3 is 2.79 bits per heavy atom. The van der Waals surface area contributed by atoms with Gasteiger partial charge in [-0.3, -0.25) is 9.59 Å². The first-order valence-electron chi connectivity index (χ1n) is 8.24. The molecule has 1 aromatic rings. The summed E-state index contributed by atoms with van der Waals surface area (Å²) in [7, 11) is 0. The van der Waals surface area contributed by atoms with Gasteiger partial charge in [0.05, 0.1) is 17.6 Å². The zero-order valence-corrected chi connectivity index (χ0v) is 13.9. The zero-order valence-electron chi connectivity index (χ0n) is 13.1. The summed E-state index contributed by atoms with van der Waals surface area (Å²) in [5.41, 5.74) is -0.0659. The van der Waals surface area contributed by atoms with Crippen LogP contribution < -0.4 is 5.32 Å². The van der Waals surface area contributed by atoms with Gasteiger partial charge in [0.25, 0.3) is 5.91 Å². The normalized spacial score (nSPS) is 31.2. The second-order valence-corrected chi connectivity index (χ2v) is 7.31. The molecule has 0 bridgehead atoms. The lowest BCUT2D eigenvalue weighted by molar-refractivity contribution is -0.125. The van der Waals surface area contributed by atoms with Gasteiger partial charge in [-0.1, -0.05) is 4.49 Å². The van der Waals surface area contributed by atoms with Crippen molar-refractivity contribution in [1.82, 2.24) is 19.8 Å². The number of hydrogen-bond acceptors (Lipinski definition) is 6. The van der Waals surface area contributed by atoms with Gasteiger partial charge < -0.3 is 15.0 Å². The van der Waals surface area contributed by atoms with Gasteiger partial charge in [-0.05, 0) is 37.2 Å². The molecule has 1 saturated carbocycles. The predicted octanol–water partition coefficient (Wildman–Crippen LogP) is 0.776. The minimum Gasteiger partial charge on any atom is -0.373 e. The topological polar surface area (TPSA) is 84.4 Å². The summed E-state index contributed by atoms with van der Waals surface area (Å²) in [6.07, 6.45) is 1.39. The number of carbonyl (C=O) groups excluding carboxylic acids is 2. The number of aromatic nitrogens is 2. The van der Waals surface area contributed by atoms with Crippen LogP contribution in [0.1, 0.15) is 36.2 Å². The number of halogens is 1. The monoisotopic (exact) mass is 354 g/mol. The van der Waals surface area contributed by atoms with Gasteiger partial charge in [-0.25, -0.2) is 4.39 Å². The highest BCUT2D eigenvalue weighted by molar-refractivity contribution is 7.03. The van der Waals surface area contributed by atoms with Crippen molar-refractivity contribution in [1.29, 1.82) is 0 Å². The van der Waals surface area contributed by atoms with Gasteiger partial charge in [0.1, 0.15) is 6.17 Å². The standard InChI is InChI=1S/C15H19FN4O3S/c16-10-7-9(10)13(21)17-12-1-6-23-15(12)2-4-20(5-3-15)14(22)11-8-24-19-18-11/h8-10,12H,1-7H2,(H,17,21). The molecule has 1 aliphatic carbocycles. The van der Waals surface area contributed by atoms with E-state index in [1.54, 1.807) is 10.3 Å². The summed E-state index contributed by atoms with van der Waals surface area (Å²) in [6, 6.07) is -0.101. The minimum absolute atomic E-state index is 0.101. The molecule has 3 atom stereocenters. The highest BCUT2D eigenvalue weighted by Gasteiger charge is 2.50. The summed E-state index contributed by atoms with van der Waals surface area (Å²) in [4.78, 5) is 26.1. The summed E-state index contributed by atoms with van der Waals surface area (Å²) in [5, 5.41) is 8.44. The number of rotatable bonds is 3. The fourth-order valence-electron chi connectivity index (χ4n) is 3.66. The Bertz CT molecular complexity index is 633. The second-order valence-electron chi connectivity index (χ2n) is 6.70. The van der Waals surface area contributed by atoms with E-state index in [9.17, 15) is 14.0 Å². The number of likely N-dealkylation sites (tertiary alicyclic amines) is 1. The smallest absolute Gasteiger partial charge is 0.275 e. The first kappa shape index (κ1) is 15.9. The summed E-state index contributed by atoms with van der Waals surface area (Å²) in [6.45, 7) is 1.69. The van der Waals surface area contributed by atoms with Crippen molar-refractivity contribution in [2.75, 3.05) is 19.7 Å². The van der Waals surface area contributed by atoms with Crippen molar-refractivity contribution in [2.45, 2.75) is 43.5 Å². The minimum atomic E-state index is -0.991. The van der Waals surface area contributed by atoms with Crippen molar-refractivity contribution in [2.24, 2.45) is 5.92 Å². The van der Waals surface area contributed by atoms with Crippen LogP contribution in [0.3, 0.4) is 0 Å². The molecule has 3 fully saturated rings. The lowest BCUT2D eigenvalue weighted by Gasteiger charge is -2.42. The molecule has 1 spiro atoms. The maximum absolute atomic E-state index is 13.1. The molecule has 7 nitrogen and oxygen atoms in total. The van der Waals surface area contributed by atoms with Crippen molar-refractivity contribution in [3.05, 3.63) is 11.1 Å². The molecule has 2 saturated heterocycles. The molecular weight excluding hydrogens is 335 g/mol. The lowest BCUT2D eigenvalue weighted by Crippen LogP contribution is -2.56. The molecule has 2 aliphatic heterocycles. The van der Waals surface area contributed by atoms with Gasteiger partial charge in [0, 0.05) is 25.1 Å². The molecule has 130 valence electrons. The molecule has 0 radical (unpaired) electrons. The molecule has 3 unspecified atom stereocenters. The Hall–Kier alpha value is -1.61. The molecule has 2 amide bonds. The maximum atomic E-state index is 13.1. The fourth-order valence-corrected chi connectivity index (χ4v) is 4.09. The van der Waals surface area contributed by atoms with Gasteiger partial charge in [0.2, 0.25) is 5.91 Å². The van der Waals surface area contributed by atoms with Crippen molar-refractivity contribution in [3.63, 3.8) is 0 Å². The first-order chi connectivity index (χ1) is 11.6. The molecule has 3 heterocycles. The SMILES string of the molecule is O=C(NC1CCOC12CCN(C(=O)c1csnn1)CC2)C1CC1F. The third kappa shape index (κ3) is 2.79. The van der Waals surface area contributed by atoms with Crippen LogP contribution in [0.25, 0.3) is 0 Å². The molecule has 24 heavy (non-hydrogen) atoms. The number of hydrogen-bond donors (Lipinski definition) is 1. The number of carbonyl (C=O) groups is 2. The Kier molecular flexibility index (Phi) is 4.00. The Morgan fingerprint density at radius 1 is 1.42 bits per heavy atom. The van der Waals surface area contributed by atoms with E-state index in [1.807, 2.05) is 0 Å². The number of piperidine rings is 1. The third-order valence-corrected chi connectivity index (χ3v) is 5.78. The Balaban J connectivity index is 1.38. The van der Waals surface area contributed by atoms with Crippen LogP contribution >= 0.6 is 11.5 Å². The number of nitrogens with one attached hydrogen (secondary N) is 1. The van der Waals surface area contributed by atoms with Gasteiger partial charge >= 0.3 is 0 Å². The number of nitrogens with zero attached hydrogens (tertiary/aromatic N) is 3. The molecule has 1 aromatic heterocycles. The van der Waals surface area contributed by atoms with Crippen LogP contribution in [-0.2, 0) is 9.53 Å². The summed E-state index contributed by atoms with van der Waals surface area (Å²) >= 11 is 1.16. The molecule has 1 N–H and O–H groups in total. The average molecular weight is 354 g/mol. The molecular formula is C15H19FN4O3S. The summed E-state index contributed by atoms with van der Waals surface area (Å²) in [5.74, 6) is -0.804. The second kappa shape index (κ2) is 6.03. The quantitative estimate of drug-likeness (QED) is 0.867. The molecule has 3 aliphatic rings. The van der Waals surface area contributed by atoms with Gasteiger partial charge in [-0.15, -0.1) is 5.10 Å². The molecule has 0 aromatic carbocycles. The van der Waals surface area contributed by atoms with Crippen LogP contribution in [0, 0.1) is 5.92 Å². The van der Waals surface area contributed by atoms with E-state index in [0.717, 1.165) is 18.0 Å². The van der Waals surface area contributed by atoms with E-state index >= 15 is 0 Å². The predicted molar refractivity (Wildman–Crippen MR) is 83.3 cm³/mol. The van der Waals surface area contributed by atoms with Crippen LogP contribution in [-0.4, -0.2) is 63.8 Å². The van der Waals surface area contributed by atoms with Crippen LogP contribution in [0.4, 0.5) is 4.39 Å². The van der Waals surface area contributed by atoms with Crippen molar-refractivity contribution >= 4 is 23.3 Å². The van der Waals surface area contributed by atoms with Crippen molar-refractivity contribution in [3.8, 4) is 0 Å². The van der Waals surface area contributed by atoms with Crippen LogP contribution in [0.15, 0.2) is 5.38 Å². The van der Waals surface area contributed by atoms with Gasteiger partial charge in [-0.2, -0.15) is 0 Å². The maximum Gasteiger partial charge on any atom is 0.275 e. The average Bonchev–Trinajstić information content (AvgIpc) is 2.99. The van der Waals surface area contributed by atoms with E-state index in [4.69, 9.17) is 4.74 Å². The highest BCUT2D eigenvalue weighted by atomic mass is 32.1. The number of alkyl halides is 1.